The summed E-state index contributed by atoms with van der Waals surface area (Å²) in [5.74, 6) is -0.0649. The SMILES string of the molecule is CCCNC(=O)c1c(N)sc(CC)c1-c1ccc(CC)cc1. The molecule has 0 saturated carbocycles. The third kappa shape index (κ3) is 3.33. The van der Waals surface area contributed by atoms with Gasteiger partial charge in [0.2, 0.25) is 0 Å². The van der Waals surface area contributed by atoms with Crippen molar-refractivity contribution in [1.29, 1.82) is 0 Å². The number of hydrogen-bond donors (Lipinski definition) is 2. The Morgan fingerprint density at radius 3 is 2.36 bits per heavy atom. The Morgan fingerprint density at radius 2 is 1.82 bits per heavy atom. The molecule has 0 aliphatic heterocycles. The Kier molecular flexibility index (Phi) is 5.61. The minimum atomic E-state index is -0.0649. The second kappa shape index (κ2) is 7.45. The first-order chi connectivity index (χ1) is 10.6. The monoisotopic (exact) mass is 316 g/mol. The summed E-state index contributed by atoms with van der Waals surface area (Å²) in [4.78, 5) is 13.7. The lowest BCUT2D eigenvalue weighted by molar-refractivity contribution is 0.0955. The first-order valence-corrected chi connectivity index (χ1v) is 8.72. The highest BCUT2D eigenvalue weighted by Crippen LogP contribution is 2.39. The van der Waals surface area contributed by atoms with E-state index in [1.54, 1.807) is 0 Å². The molecular formula is C18H24N2OS. The fraction of sp³-hybridized carbons (Fsp3) is 0.389. The summed E-state index contributed by atoms with van der Waals surface area (Å²) in [7, 11) is 0. The van der Waals surface area contributed by atoms with Gasteiger partial charge in [0.15, 0.2) is 0 Å². The Hall–Kier alpha value is -1.81. The summed E-state index contributed by atoms with van der Waals surface area (Å²) < 4.78 is 0. The van der Waals surface area contributed by atoms with E-state index < -0.39 is 0 Å². The maximum Gasteiger partial charge on any atom is 0.254 e. The Balaban J connectivity index is 2.49. The highest BCUT2D eigenvalue weighted by atomic mass is 32.1. The number of rotatable bonds is 6. The lowest BCUT2D eigenvalue weighted by atomic mass is 9.98. The van der Waals surface area contributed by atoms with Crippen LogP contribution in [-0.4, -0.2) is 12.5 Å². The van der Waals surface area contributed by atoms with Crippen LogP contribution in [0, 0.1) is 0 Å². The number of carbonyl (C=O) groups is 1. The van der Waals surface area contributed by atoms with Crippen LogP contribution in [0.4, 0.5) is 5.00 Å². The first-order valence-electron chi connectivity index (χ1n) is 7.90. The van der Waals surface area contributed by atoms with Gasteiger partial charge in [-0.2, -0.15) is 0 Å². The van der Waals surface area contributed by atoms with E-state index in [9.17, 15) is 4.79 Å². The predicted molar refractivity (Wildman–Crippen MR) is 95.5 cm³/mol. The summed E-state index contributed by atoms with van der Waals surface area (Å²) in [5, 5.41) is 3.56. The van der Waals surface area contributed by atoms with Crippen LogP contribution in [0.15, 0.2) is 24.3 Å². The van der Waals surface area contributed by atoms with Crippen molar-refractivity contribution in [2.75, 3.05) is 12.3 Å². The van der Waals surface area contributed by atoms with Gasteiger partial charge < -0.3 is 11.1 Å². The van der Waals surface area contributed by atoms with E-state index in [2.05, 4.69) is 43.4 Å². The van der Waals surface area contributed by atoms with Gasteiger partial charge in [0, 0.05) is 17.0 Å². The number of amides is 1. The molecule has 2 rings (SSSR count). The summed E-state index contributed by atoms with van der Waals surface area (Å²) in [6.07, 6.45) is 2.80. The van der Waals surface area contributed by atoms with E-state index in [1.807, 2.05) is 6.92 Å². The molecule has 1 aromatic carbocycles. The van der Waals surface area contributed by atoms with Crippen LogP contribution < -0.4 is 11.1 Å². The number of carbonyl (C=O) groups excluding carboxylic acids is 1. The molecule has 0 saturated heterocycles. The molecule has 0 aliphatic rings. The largest absolute Gasteiger partial charge is 0.390 e. The van der Waals surface area contributed by atoms with Crippen LogP contribution in [-0.2, 0) is 12.8 Å². The minimum Gasteiger partial charge on any atom is -0.390 e. The van der Waals surface area contributed by atoms with Crippen LogP contribution >= 0.6 is 11.3 Å². The summed E-state index contributed by atoms with van der Waals surface area (Å²) >= 11 is 1.52. The second-order valence-corrected chi connectivity index (χ2v) is 6.44. The first kappa shape index (κ1) is 16.6. The molecule has 0 aliphatic carbocycles. The molecule has 3 N–H and O–H groups in total. The quantitative estimate of drug-likeness (QED) is 0.836. The molecule has 3 nitrogen and oxygen atoms in total. The highest BCUT2D eigenvalue weighted by molar-refractivity contribution is 7.17. The van der Waals surface area contributed by atoms with E-state index in [4.69, 9.17) is 5.73 Å². The number of nitrogen functional groups attached to an aromatic ring is 1. The van der Waals surface area contributed by atoms with Crippen LogP contribution in [0.1, 0.15) is 48.0 Å². The normalized spacial score (nSPS) is 10.7. The number of anilines is 1. The highest BCUT2D eigenvalue weighted by Gasteiger charge is 2.22. The molecule has 1 aromatic heterocycles. The van der Waals surface area contributed by atoms with Crippen molar-refractivity contribution in [3.05, 3.63) is 40.3 Å². The maximum atomic E-state index is 12.5. The molecule has 0 spiro atoms. The van der Waals surface area contributed by atoms with Crippen molar-refractivity contribution in [2.45, 2.75) is 40.0 Å². The fourth-order valence-corrected chi connectivity index (χ4v) is 3.54. The Morgan fingerprint density at radius 1 is 1.14 bits per heavy atom. The molecule has 4 heteroatoms. The van der Waals surface area contributed by atoms with E-state index in [1.165, 1.54) is 21.8 Å². The Bertz CT molecular complexity index is 644. The van der Waals surface area contributed by atoms with Gasteiger partial charge in [-0.1, -0.05) is 45.0 Å². The lowest BCUT2D eigenvalue weighted by Crippen LogP contribution is -2.24. The maximum absolute atomic E-state index is 12.5. The van der Waals surface area contributed by atoms with Gasteiger partial charge in [0.1, 0.15) is 0 Å². The standard InChI is InChI=1S/C18H24N2OS/c1-4-11-20-18(21)16-15(14(6-3)22-17(16)19)13-9-7-12(5-2)8-10-13/h7-10H,4-6,11,19H2,1-3H3,(H,20,21). The molecule has 0 bridgehead atoms. The second-order valence-electron chi connectivity index (χ2n) is 5.30. The van der Waals surface area contributed by atoms with Crippen molar-refractivity contribution in [1.82, 2.24) is 5.32 Å². The molecule has 22 heavy (non-hydrogen) atoms. The molecule has 0 radical (unpaired) electrons. The number of hydrogen-bond acceptors (Lipinski definition) is 3. The topological polar surface area (TPSA) is 55.1 Å². The molecule has 0 fully saturated rings. The molecule has 1 amide bonds. The van der Waals surface area contributed by atoms with Crippen LogP contribution in [0.25, 0.3) is 11.1 Å². The average molecular weight is 316 g/mol. The number of benzene rings is 1. The third-order valence-electron chi connectivity index (χ3n) is 3.74. The number of nitrogens with two attached hydrogens (primary N) is 1. The van der Waals surface area contributed by atoms with Gasteiger partial charge >= 0.3 is 0 Å². The van der Waals surface area contributed by atoms with Crippen molar-refractivity contribution >= 4 is 22.2 Å². The van der Waals surface area contributed by atoms with E-state index in [0.717, 1.165) is 30.4 Å². The summed E-state index contributed by atoms with van der Waals surface area (Å²) in [5.41, 5.74) is 10.1. The van der Waals surface area contributed by atoms with E-state index >= 15 is 0 Å². The zero-order valence-corrected chi connectivity index (χ0v) is 14.3. The molecule has 0 unspecified atom stereocenters. The molecule has 118 valence electrons. The molecular weight excluding hydrogens is 292 g/mol. The smallest absolute Gasteiger partial charge is 0.254 e. The van der Waals surface area contributed by atoms with Gasteiger partial charge in [-0.3, -0.25) is 4.79 Å². The zero-order valence-electron chi connectivity index (χ0n) is 13.5. The van der Waals surface area contributed by atoms with Crippen molar-refractivity contribution in [3.8, 4) is 11.1 Å². The van der Waals surface area contributed by atoms with Gasteiger partial charge in [0.25, 0.3) is 5.91 Å². The predicted octanol–water partition coefficient (Wildman–Crippen LogP) is 4.26. The van der Waals surface area contributed by atoms with Gasteiger partial charge in [-0.25, -0.2) is 0 Å². The van der Waals surface area contributed by atoms with Crippen LogP contribution in [0.5, 0.6) is 0 Å². The minimum absolute atomic E-state index is 0.0649. The zero-order chi connectivity index (χ0) is 16.1. The van der Waals surface area contributed by atoms with Crippen LogP contribution in [0.2, 0.25) is 0 Å². The lowest BCUT2D eigenvalue weighted by Gasteiger charge is -2.09. The summed E-state index contributed by atoms with van der Waals surface area (Å²) in [6.45, 7) is 6.95. The van der Waals surface area contributed by atoms with Crippen LogP contribution in [0.3, 0.4) is 0 Å². The molecule has 1 heterocycles. The third-order valence-corrected chi connectivity index (χ3v) is 4.91. The van der Waals surface area contributed by atoms with Gasteiger partial charge in [0.05, 0.1) is 10.6 Å². The van der Waals surface area contributed by atoms with E-state index in [0.29, 0.717) is 17.1 Å². The number of nitrogens with one attached hydrogen (secondary N) is 1. The molecule has 0 atom stereocenters. The van der Waals surface area contributed by atoms with E-state index in [-0.39, 0.29) is 5.91 Å². The van der Waals surface area contributed by atoms with Crippen molar-refractivity contribution in [2.24, 2.45) is 0 Å². The fourth-order valence-electron chi connectivity index (χ4n) is 2.51. The van der Waals surface area contributed by atoms with Crippen molar-refractivity contribution in [3.63, 3.8) is 0 Å². The number of thiophene rings is 1. The average Bonchev–Trinajstić information content (AvgIpc) is 2.89. The van der Waals surface area contributed by atoms with Crippen molar-refractivity contribution < 1.29 is 4.79 Å². The van der Waals surface area contributed by atoms with Gasteiger partial charge in [-0.15, -0.1) is 11.3 Å². The van der Waals surface area contributed by atoms with Gasteiger partial charge in [-0.05, 0) is 30.4 Å². The Labute approximate surface area is 136 Å². The summed E-state index contributed by atoms with van der Waals surface area (Å²) in [6, 6.07) is 8.43. The molecule has 2 aromatic rings. The number of aryl methyl sites for hydroxylation is 2.